The highest BCUT2D eigenvalue weighted by Gasteiger charge is 2.14. The van der Waals surface area contributed by atoms with Gasteiger partial charge in [-0.3, -0.25) is 4.98 Å². The van der Waals surface area contributed by atoms with Gasteiger partial charge < -0.3 is 5.73 Å². The van der Waals surface area contributed by atoms with Crippen LogP contribution in [0.1, 0.15) is 45.9 Å². The molecule has 0 radical (unpaired) electrons. The van der Waals surface area contributed by atoms with E-state index in [4.69, 9.17) is 5.73 Å². The van der Waals surface area contributed by atoms with Crippen molar-refractivity contribution >= 4 is 0 Å². The normalized spacial score (nSPS) is 10.4. The molecule has 1 heterocycles. The number of nitrogens with two attached hydrogens (primary N) is 1. The molecule has 0 atom stereocenters. The minimum absolute atomic E-state index is 0.327. The fraction of sp³-hybridized carbons (Fsp3) is 0.583. The Kier molecular flexibility index (Phi) is 5.39. The predicted octanol–water partition coefficient (Wildman–Crippen LogP) is 2.86. The lowest BCUT2D eigenvalue weighted by Crippen LogP contribution is -2.29. The van der Waals surface area contributed by atoms with E-state index in [2.05, 4.69) is 18.0 Å². The van der Waals surface area contributed by atoms with E-state index in [1.165, 1.54) is 5.56 Å². The maximum Gasteiger partial charge on any atom is 0.0596 e. The van der Waals surface area contributed by atoms with Crippen LogP contribution in [0.3, 0.4) is 0 Å². The van der Waals surface area contributed by atoms with Crippen LogP contribution >= 0.6 is 0 Å². The smallest absolute Gasteiger partial charge is 0.0596 e. The number of aryl methyl sites for hydroxylation is 1. The molecule has 0 unspecified atom stereocenters. The second kappa shape index (κ2) is 5.76. The zero-order valence-electron chi connectivity index (χ0n) is 9.96. The molecule has 0 amide bonds. The van der Waals surface area contributed by atoms with Crippen molar-refractivity contribution in [2.24, 2.45) is 5.73 Å². The number of aromatic nitrogens is 1. The number of hydrogen-bond acceptors (Lipinski definition) is 2. The Balaban J connectivity index is 0.000000791. The SMILES string of the molecule is CC.CCc1ccc(C(C)(C)N)nc1. The number of hydrogen-bond donors (Lipinski definition) is 1. The Labute approximate surface area is 87.6 Å². The summed E-state index contributed by atoms with van der Waals surface area (Å²) in [5.74, 6) is 0. The molecular weight excluding hydrogens is 172 g/mol. The summed E-state index contributed by atoms with van der Waals surface area (Å²) in [4.78, 5) is 4.30. The molecule has 0 bridgehead atoms. The number of nitrogens with zero attached hydrogens (tertiary/aromatic N) is 1. The molecule has 0 fully saturated rings. The summed E-state index contributed by atoms with van der Waals surface area (Å²) >= 11 is 0. The maximum absolute atomic E-state index is 5.89. The van der Waals surface area contributed by atoms with Crippen LogP contribution in [0.5, 0.6) is 0 Å². The third kappa shape index (κ3) is 3.88. The van der Waals surface area contributed by atoms with Crippen molar-refractivity contribution in [1.29, 1.82) is 0 Å². The summed E-state index contributed by atoms with van der Waals surface area (Å²) in [7, 11) is 0. The van der Waals surface area contributed by atoms with Crippen molar-refractivity contribution < 1.29 is 0 Å². The summed E-state index contributed by atoms with van der Waals surface area (Å²) < 4.78 is 0. The fourth-order valence-corrected chi connectivity index (χ4v) is 1.01. The monoisotopic (exact) mass is 194 g/mol. The average Bonchev–Trinajstić information content (AvgIpc) is 2.20. The second-order valence-electron chi connectivity index (χ2n) is 3.63. The summed E-state index contributed by atoms with van der Waals surface area (Å²) in [6.07, 6.45) is 2.92. The minimum Gasteiger partial charge on any atom is -0.321 e. The van der Waals surface area contributed by atoms with E-state index in [0.717, 1.165) is 12.1 Å². The molecule has 1 aromatic rings. The van der Waals surface area contributed by atoms with Crippen LogP contribution in [0.4, 0.5) is 0 Å². The Bertz CT molecular complexity index is 244. The van der Waals surface area contributed by atoms with Gasteiger partial charge in [-0.15, -0.1) is 0 Å². The van der Waals surface area contributed by atoms with Crippen LogP contribution in [-0.2, 0) is 12.0 Å². The number of rotatable bonds is 2. The third-order valence-corrected chi connectivity index (χ3v) is 1.89. The molecular formula is C12H22N2. The lowest BCUT2D eigenvalue weighted by Gasteiger charge is -2.17. The second-order valence-corrected chi connectivity index (χ2v) is 3.63. The standard InChI is InChI=1S/C10H16N2.C2H6/c1-4-8-5-6-9(12-7-8)10(2,3)11;1-2/h5-7H,4,11H2,1-3H3;1-2H3. The summed E-state index contributed by atoms with van der Waals surface area (Å²) in [6.45, 7) is 10.0. The third-order valence-electron chi connectivity index (χ3n) is 1.89. The Morgan fingerprint density at radius 3 is 2.14 bits per heavy atom. The van der Waals surface area contributed by atoms with Gasteiger partial charge in [0.05, 0.1) is 11.2 Å². The Morgan fingerprint density at radius 1 is 1.29 bits per heavy atom. The van der Waals surface area contributed by atoms with Crippen LogP contribution in [-0.4, -0.2) is 4.98 Å². The van der Waals surface area contributed by atoms with Crippen molar-refractivity contribution in [2.45, 2.75) is 46.6 Å². The minimum atomic E-state index is -0.327. The molecule has 0 saturated carbocycles. The first-order valence-corrected chi connectivity index (χ1v) is 5.28. The van der Waals surface area contributed by atoms with Crippen molar-refractivity contribution in [2.75, 3.05) is 0 Å². The van der Waals surface area contributed by atoms with Gasteiger partial charge in [-0.05, 0) is 31.9 Å². The maximum atomic E-state index is 5.89. The quantitative estimate of drug-likeness (QED) is 0.786. The average molecular weight is 194 g/mol. The van der Waals surface area contributed by atoms with Gasteiger partial charge in [-0.1, -0.05) is 26.8 Å². The van der Waals surface area contributed by atoms with Gasteiger partial charge in [0, 0.05) is 6.20 Å². The van der Waals surface area contributed by atoms with Crippen LogP contribution in [0.2, 0.25) is 0 Å². The molecule has 2 heteroatoms. The number of pyridine rings is 1. The first-order valence-electron chi connectivity index (χ1n) is 5.28. The molecule has 0 aliphatic heterocycles. The van der Waals surface area contributed by atoms with Crippen molar-refractivity contribution in [3.63, 3.8) is 0 Å². The topological polar surface area (TPSA) is 38.9 Å². The van der Waals surface area contributed by atoms with Gasteiger partial charge in [-0.2, -0.15) is 0 Å². The fourth-order valence-electron chi connectivity index (χ4n) is 1.01. The summed E-state index contributed by atoms with van der Waals surface area (Å²) in [6, 6.07) is 4.08. The molecule has 0 aliphatic rings. The lowest BCUT2D eigenvalue weighted by atomic mass is 10.0. The highest BCUT2D eigenvalue weighted by molar-refractivity contribution is 5.18. The Morgan fingerprint density at radius 2 is 1.86 bits per heavy atom. The van der Waals surface area contributed by atoms with E-state index in [1.54, 1.807) is 0 Å². The van der Waals surface area contributed by atoms with Gasteiger partial charge in [0.25, 0.3) is 0 Å². The summed E-state index contributed by atoms with van der Waals surface area (Å²) in [5.41, 5.74) is 7.76. The van der Waals surface area contributed by atoms with E-state index in [1.807, 2.05) is 40.0 Å². The van der Waals surface area contributed by atoms with Crippen molar-refractivity contribution in [3.8, 4) is 0 Å². The van der Waals surface area contributed by atoms with Gasteiger partial charge in [-0.25, -0.2) is 0 Å². The van der Waals surface area contributed by atoms with Crippen LogP contribution in [0, 0.1) is 0 Å². The van der Waals surface area contributed by atoms with Gasteiger partial charge in [0.2, 0.25) is 0 Å². The molecule has 80 valence electrons. The molecule has 0 aliphatic carbocycles. The largest absolute Gasteiger partial charge is 0.321 e. The predicted molar refractivity (Wildman–Crippen MR) is 62.2 cm³/mol. The molecule has 0 spiro atoms. The lowest BCUT2D eigenvalue weighted by molar-refractivity contribution is 0.535. The molecule has 2 N–H and O–H groups in total. The molecule has 2 nitrogen and oxygen atoms in total. The molecule has 1 rings (SSSR count). The van der Waals surface area contributed by atoms with Crippen LogP contribution < -0.4 is 5.73 Å². The molecule has 1 aromatic heterocycles. The van der Waals surface area contributed by atoms with E-state index in [0.29, 0.717) is 0 Å². The van der Waals surface area contributed by atoms with Gasteiger partial charge >= 0.3 is 0 Å². The first kappa shape index (κ1) is 13.1. The van der Waals surface area contributed by atoms with Gasteiger partial charge in [0.1, 0.15) is 0 Å². The highest BCUT2D eigenvalue weighted by atomic mass is 14.8. The first-order chi connectivity index (χ1) is 6.54. The zero-order valence-corrected chi connectivity index (χ0v) is 9.96. The Hall–Kier alpha value is -0.890. The molecule has 0 saturated heterocycles. The van der Waals surface area contributed by atoms with E-state index >= 15 is 0 Å². The van der Waals surface area contributed by atoms with E-state index in [-0.39, 0.29) is 5.54 Å². The van der Waals surface area contributed by atoms with E-state index < -0.39 is 0 Å². The molecule has 0 aromatic carbocycles. The van der Waals surface area contributed by atoms with Gasteiger partial charge in [0.15, 0.2) is 0 Å². The highest BCUT2D eigenvalue weighted by Crippen LogP contribution is 2.13. The summed E-state index contributed by atoms with van der Waals surface area (Å²) in [5, 5.41) is 0. The molecule has 14 heavy (non-hydrogen) atoms. The van der Waals surface area contributed by atoms with Crippen LogP contribution in [0.15, 0.2) is 18.3 Å². The zero-order chi connectivity index (χ0) is 11.2. The van der Waals surface area contributed by atoms with Crippen molar-refractivity contribution in [1.82, 2.24) is 4.98 Å². The van der Waals surface area contributed by atoms with Crippen LogP contribution in [0.25, 0.3) is 0 Å². The van der Waals surface area contributed by atoms with E-state index in [9.17, 15) is 0 Å². The van der Waals surface area contributed by atoms with Crippen molar-refractivity contribution in [3.05, 3.63) is 29.6 Å².